The third-order valence-corrected chi connectivity index (χ3v) is 16.6. The van der Waals surface area contributed by atoms with E-state index in [1.54, 1.807) is 43.3 Å². The molecule has 1 amide bonds. The first-order chi connectivity index (χ1) is 38.0. The van der Waals surface area contributed by atoms with E-state index in [1.807, 2.05) is 52.8 Å². The second kappa shape index (κ2) is 21.0. The summed E-state index contributed by atoms with van der Waals surface area (Å²) >= 11 is 5.57. The summed E-state index contributed by atoms with van der Waals surface area (Å²) in [6, 6.07) is 13.7. The Morgan fingerprint density at radius 3 is 2.30 bits per heavy atom. The molecule has 4 heterocycles. The molecule has 2 fully saturated rings. The number of Topliss-reactive ketones (excluding diaryl/α,β-unsaturated/α-hetero) is 2. The van der Waals surface area contributed by atoms with Crippen LogP contribution < -0.4 is 30.9 Å². The van der Waals surface area contributed by atoms with Crippen molar-refractivity contribution in [1.82, 2.24) is 10.6 Å². The lowest BCUT2D eigenvalue weighted by Crippen LogP contribution is -2.72. The lowest BCUT2D eigenvalue weighted by atomic mass is 9.51. The molecule has 416 valence electrons. The number of aromatic hydroxyl groups is 2. The normalized spacial score (nSPS) is 22.8. The monoisotopic (exact) mass is 1100 g/mol. The van der Waals surface area contributed by atoms with Crippen molar-refractivity contribution in [3.63, 3.8) is 0 Å². The van der Waals surface area contributed by atoms with Crippen LogP contribution in [0.1, 0.15) is 132 Å². The predicted molar refractivity (Wildman–Crippen MR) is 311 cm³/mol. The molecule has 4 aliphatic heterocycles. The molecule has 11 rings (SSSR count). The van der Waals surface area contributed by atoms with Crippen LogP contribution in [0.15, 0.2) is 116 Å². The summed E-state index contributed by atoms with van der Waals surface area (Å²) in [5.41, 5.74) is 1.00. The highest BCUT2D eigenvalue weighted by molar-refractivity contribution is 7.80. The molecular formula is C64H67N3O12S. The number of thiocarbonyl (C=S) groups is 1. The maximum atomic E-state index is 15.2. The van der Waals surface area contributed by atoms with Gasteiger partial charge in [0.2, 0.25) is 5.91 Å². The Bertz CT molecular complexity index is 3650. The van der Waals surface area contributed by atoms with E-state index in [9.17, 15) is 34.5 Å². The standard InChI is InChI=1S/C64H67N3O12S/c1-34(2)13-12-24-62(8)25-23-44-53(70)52-54(71)47-29-37-30-50-61(6,7)79-63(57(37)72,64(47,50)78-56(52)45(55(44)77-62)18-14-35(3)4)26-22-36(5)58(73)65-27-10-9-11-28-66-60(80)67-38-15-19-41(46(31-38)59(74)75)51-42-20-16-39(68)32-48(42)76-49-33-40(69)17-21-43(49)51/h13-17,19-23,25,29,31-33,37,50,68,70H,9-12,18,24,26-28,30H2,1-8H3,(H,65,73)(H,74,75)(H2,66,67,80)/b36-22-/t37-,50?,62-,63+,64-/m1/s1. The van der Waals surface area contributed by atoms with Gasteiger partial charge in [-0.05, 0) is 167 Å². The number of anilines is 1. The van der Waals surface area contributed by atoms with Crippen LogP contribution in [0.3, 0.4) is 0 Å². The number of phenols is 2. The zero-order valence-electron chi connectivity index (χ0n) is 46.3. The topological polar surface area (TPSA) is 223 Å². The number of carbonyl (C=O) groups excluding carboxylic acids is 3. The Morgan fingerprint density at radius 1 is 0.825 bits per heavy atom. The van der Waals surface area contributed by atoms with Gasteiger partial charge in [-0.3, -0.25) is 19.2 Å². The van der Waals surface area contributed by atoms with Crippen LogP contribution in [-0.4, -0.2) is 79.4 Å². The van der Waals surface area contributed by atoms with Gasteiger partial charge in [0.25, 0.3) is 0 Å². The number of allylic oxidation sites excluding steroid dienone is 5. The number of benzene rings is 4. The van der Waals surface area contributed by atoms with Crippen molar-refractivity contribution in [2.24, 2.45) is 11.8 Å². The third kappa shape index (κ3) is 9.69. The minimum Gasteiger partial charge on any atom is -0.508 e. The fraction of sp³-hybridized carbons (Fsp3) is 0.375. The molecule has 6 N–H and O–H groups in total. The number of amides is 1. The van der Waals surface area contributed by atoms with E-state index >= 15 is 4.79 Å². The number of unbranched alkanes of at least 4 members (excludes halogenated alkanes) is 2. The van der Waals surface area contributed by atoms with Gasteiger partial charge in [-0.25, -0.2) is 4.79 Å². The molecule has 15 nitrogen and oxygen atoms in total. The summed E-state index contributed by atoms with van der Waals surface area (Å²) in [6.45, 7) is 16.5. The van der Waals surface area contributed by atoms with Gasteiger partial charge in [-0.15, -0.1) is 0 Å². The van der Waals surface area contributed by atoms with Crippen molar-refractivity contribution in [2.75, 3.05) is 18.4 Å². The summed E-state index contributed by atoms with van der Waals surface area (Å²) in [4.78, 5) is 68.7. The van der Waals surface area contributed by atoms with Crippen molar-refractivity contribution < 1.29 is 53.1 Å². The molecule has 80 heavy (non-hydrogen) atoms. The fourth-order valence-electron chi connectivity index (χ4n) is 12.5. The summed E-state index contributed by atoms with van der Waals surface area (Å²) in [5, 5.41) is 42.7. The molecule has 1 saturated carbocycles. The second-order valence-electron chi connectivity index (χ2n) is 23.0. The first-order valence-electron chi connectivity index (χ1n) is 27.3. The molecule has 5 atom stereocenters. The van der Waals surface area contributed by atoms with Crippen LogP contribution in [0.25, 0.3) is 39.5 Å². The summed E-state index contributed by atoms with van der Waals surface area (Å²) in [5.74, 6) is -2.56. The lowest BCUT2D eigenvalue weighted by Gasteiger charge is -2.56. The van der Waals surface area contributed by atoms with Crippen LogP contribution in [0.4, 0.5) is 5.69 Å². The van der Waals surface area contributed by atoms with Crippen LogP contribution in [-0.2, 0) is 20.7 Å². The van der Waals surface area contributed by atoms with E-state index in [4.69, 9.17) is 30.8 Å². The van der Waals surface area contributed by atoms with E-state index in [-0.39, 0.29) is 68.4 Å². The van der Waals surface area contributed by atoms with Gasteiger partial charge < -0.3 is 49.9 Å². The Hall–Kier alpha value is -7.82. The number of aromatic carboxylic acids is 1. The smallest absolute Gasteiger partial charge is 0.336 e. The van der Waals surface area contributed by atoms with Crippen LogP contribution >= 0.6 is 12.2 Å². The molecule has 1 unspecified atom stereocenters. The first-order valence-corrected chi connectivity index (χ1v) is 27.7. The molecule has 3 aromatic rings. The molecular weight excluding hydrogens is 1030 g/mol. The van der Waals surface area contributed by atoms with E-state index < -0.39 is 46.0 Å². The Kier molecular flexibility index (Phi) is 14.6. The molecule has 3 aromatic carbocycles. The highest BCUT2D eigenvalue weighted by Crippen LogP contribution is 2.69. The number of rotatable bonds is 17. The van der Waals surface area contributed by atoms with Gasteiger partial charge in [-0.1, -0.05) is 41.5 Å². The molecule has 16 heteroatoms. The average molecular weight is 1100 g/mol. The van der Waals surface area contributed by atoms with Gasteiger partial charge in [0.05, 0.1) is 16.7 Å². The maximum Gasteiger partial charge on any atom is 0.336 e. The van der Waals surface area contributed by atoms with E-state index in [2.05, 4.69) is 35.9 Å². The summed E-state index contributed by atoms with van der Waals surface area (Å²) in [6.07, 6.45) is 15.7. The number of fused-ring (bicyclic) bond motifs is 4. The van der Waals surface area contributed by atoms with Crippen molar-refractivity contribution >= 4 is 63.5 Å². The molecule has 8 aliphatic rings. The predicted octanol–water partition coefficient (Wildman–Crippen LogP) is 11.7. The van der Waals surface area contributed by atoms with Crippen LogP contribution in [0.5, 0.6) is 23.0 Å². The third-order valence-electron chi connectivity index (χ3n) is 16.4. The quantitative estimate of drug-likeness (QED) is 0.0168. The highest BCUT2D eigenvalue weighted by Gasteiger charge is 2.81. The van der Waals surface area contributed by atoms with Crippen molar-refractivity contribution in [1.29, 1.82) is 0 Å². The number of carboxylic acid groups (broad SMARTS) is 1. The lowest BCUT2D eigenvalue weighted by molar-refractivity contribution is -0.171. The number of carbonyl (C=O) groups is 4. The van der Waals surface area contributed by atoms with Crippen molar-refractivity contribution in [2.45, 2.75) is 129 Å². The van der Waals surface area contributed by atoms with Gasteiger partial charge in [0.15, 0.2) is 33.3 Å². The van der Waals surface area contributed by atoms with Crippen LogP contribution in [0.2, 0.25) is 0 Å². The van der Waals surface area contributed by atoms with Gasteiger partial charge in [-0.2, -0.15) is 0 Å². The Labute approximate surface area is 469 Å². The first kappa shape index (κ1) is 55.5. The number of carboxylic acids is 1. The fourth-order valence-corrected chi connectivity index (χ4v) is 12.7. The number of ketones is 2. The molecule has 1 saturated heterocycles. The van der Waals surface area contributed by atoms with Crippen molar-refractivity contribution in [3.05, 3.63) is 140 Å². The number of nitrogens with one attached hydrogen (secondary N) is 3. The highest BCUT2D eigenvalue weighted by atomic mass is 32.1. The molecule has 4 bridgehead atoms. The molecule has 4 aliphatic carbocycles. The number of phenolic OH excluding ortho intramolecular Hbond substituents is 2. The molecule has 0 aromatic heterocycles. The van der Waals surface area contributed by atoms with Crippen LogP contribution in [0, 0.1) is 11.8 Å². The van der Waals surface area contributed by atoms with Crippen molar-refractivity contribution in [3.8, 4) is 45.4 Å². The maximum absolute atomic E-state index is 15.2. The molecule has 1 spiro atoms. The van der Waals surface area contributed by atoms with Gasteiger partial charge in [0.1, 0.15) is 45.5 Å². The van der Waals surface area contributed by atoms with Gasteiger partial charge in [0, 0.05) is 82.4 Å². The Balaban J connectivity index is 0.793. The van der Waals surface area contributed by atoms with E-state index in [0.29, 0.717) is 101 Å². The number of hydrogen-bond acceptors (Lipinski definition) is 12. The van der Waals surface area contributed by atoms with E-state index in [1.165, 1.54) is 35.9 Å². The minimum absolute atomic E-state index is 0.0179. The SMILES string of the molecule is CC(C)=CCC[C@]1(C)C=Cc2c(O)c3c(c(CC=C(C)C)c2O1)O[C@]12C(=C[C@@H]4CC1C(C)(C)O[C@@]2(C/C=C(/C)C(=O)NCCCCCNC(=S)Nc1ccc(-c2c5ccc(=O)cc-5oc5cc(O)ccc25)c(C(=O)O)c1)C4=O)C3=O. The zero-order valence-corrected chi connectivity index (χ0v) is 47.1. The summed E-state index contributed by atoms with van der Waals surface area (Å²) in [7, 11) is 0. The largest absolute Gasteiger partial charge is 0.508 e. The Morgan fingerprint density at radius 2 is 1.56 bits per heavy atom. The number of hydrogen-bond donors (Lipinski definition) is 6. The second-order valence-corrected chi connectivity index (χ2v) is 23.4. The van der Waals surface area contributed by atoms with E-state index in [0.717, 1.165) is 18.4 Å². The molecule has 0 radical (unpaired) electrons. The average Bonchev–Trinajstić information content (AvgIpc) is 2.34. The van der Waals surface area contributed by atoms with Gasteiger partial charge >= 0.3 is 5.97 Å². The minimum atomic E-state index is -1.66. The summed E-state index contributed by atoms with van der Waals surface area (Å²) < 4.78 is 27.1. The number of ether oxygens (including phenoxy) is 3. The zero-order chi connectivity index (χ0) is 57.2.